The molecule has 0 saturated carbocycles. The first-order chi connectivity index (χ1) is 10.4. The van der Waals surface area contributed by atoms with Crippen LogP contribution in [0, 0.1) is 0 Å². The largest absolute Gasteiger partial charge is 0.419 e. The molecule has 0 spiro atoms. The van der Waals surface area contributed by atoms with Gasteiger partial charge in [0.1, 0.15) is 4.90 Å². The number of nitrogens with two attached hydrogens (primary N) is 1. The fourth-order valence-corrected chi connectivity index (χ4v) is 2.96. The molecular weight excluding hydrogens is 308 g/mol. The van der Waals surface area contributed by atoms with Gasteiger partial charge in [-0.15, -0.1) is 0 Å². The van der Waals surface area contributed by atoms with E-state index in [2.05, 4.69) is 0 Å². The lowest BCUT2D eigenvalue weighted by Crippen LogP contribution is -2.11. The van der Waals surface area contributed by atoms with Crippen LogP contribution >= 0.6 is 0 Å². The second kappa shape index (κ2) is 4.92. The summed E-state index contributed by atoms with van der Waals surface area (Å²) in [6, 6.07) is 10.3. The number of hydrogen-bond donors (Lipinski definition) is 1. The van der Waals surface area contributed by atoms with Crippen molar-refractivity contribution >= 4 is 26.9 Å². The molecule has 2 N–H and O–H groups in total. The van der Waals surface area contributed by atoms with Gasteiger partial charge in [-0.05, 0) is 24.3 Å². The molecule has 0 unspecified atom stereocenters. The number of aryl methyl sites for hydroxylation is 1. The zero-order valence-electron chi connectivity index (χ0n) is 11.5. The van der Waals surface area contributed by atoms with Crippen molar-refractivity contribution < 1.29 is 17.0 Å². The van der Waals surface area contributed by atoms with Gasteiger partial charge in [-0.3, -0.25) is 4.57 Å². The molecule has 0 atom stereocenters. The fourth-order valence-electron chi connectivity index (χ4n) is 1.99. The van der Waals surface area contributed by atoms with Crippen molar-refractivity contribution in [2.45, 2.75) is 4.90 Å². The number of oxazole rings is 1. The second-order valence-electron chi connectivity index (χ2n) is 4.63. The molecule has 22 heavy (non-hydrogen) atoms. The first-order valence-electron chi connectivity index (χ1n) is 6.27. The van der Waals surface area contributed by atoms with Crippen LogP contribution in [0.3, 0.4) is 0 Å². The highest BCUT2D eigenvalue weighted by molar-refractivity contribution is 7.87. The summed E-state index contributed by atoms with van der Waals surface area (Å²) in [4.78, 5) is 11.3. The molecule has 3 rings (SSSR count). The lowest BCUT2D eigenvalue weighted by molar-refractivity contribution is 0.486. The monoisotopic (exact) mass is 320 g/mol. The number of nitrogens with zero attached hydrogens (tertiary/aromatic N) is 1. The molecule has 1 heterocycles. The van der Waals surface area contributed by atoms with Crippen molar-refractivity contribution in [2.24, 2.45) is 7.05 Å². The Morgan fingerprint density at radius 3 is 2.64 bits per heavy atom. The molecule has 0 bridgehead atoms. The van der Waals surface area contributed by atoms with Crippen LogP contribution in [-0.4, -0.2) is 13.0 Å². The van der Waals surface area contributed by atoms with Crippen LogP contribution in [0.25, 0.3) is 11.1 Å². The van der Waals surface area contributed by atoms with Crippen LogP contribution in [0.4, 0.5) is 5.69 Å². The summed E-state index contributed by atoms with van der Waals surface area (Å²) >= 11 is 0. The van der Waals surface area contributed by atoms with Crippen molar-refractivity contribution in [3.8, 4) is 5.75 Å². The lowest BCUT2D eigenvalue weighted by atomic mass is 10.3. The average Bonchev–Trinajstić information content (AvgIpc) is 2.76. The summed E-state index contributed by atoms with van der Waals surface area (Å²) in [7, 11) is -2.55. The maximum absolute atomic E-state index is 12.3. The summed E-state index contributed by atoms with van der Waals surface area (Å²) in [6.45, 7) is 0. The van der Waals surface area contributed by atoms with Gasteiger partial charge >= 0.3 is 15.9 Å². The molecule has 114 valence electrons. The summed E-state index contributed by atoms with van der Waals surface area (Å²) < 4.78 is 35.8. The third kappa shape index (κ3) is 2.33. The molecule has 8 heteroatoms. The first-order valence-corrected chi connectivity index (χ1v) is 7.68. The Morgan fingerprint density at radius 1 is 1.18 bits per heavy atom. The third-order valence-corrected chi connectivity index (χ3v) is 4.40. The van der Waals surface area contributed by atoms with Crippen LogP contribution in [-0.2, 0) is 17.2 Å². The van der Waals surface area contributed by atoms with Gasteiger partial charge < -0.3 is 14.3 Å². The summed E-state index contributed by atoms with van der Waals surface area (Å²) in [5, 5.41) is 0. The molecule has 2 aromatic carbocycles. The highest BCUT2D eigenvalue weighted by Gasteiger charge is 2.20. The van der Waals surface area contributed by atoms with Gasteiger partial charge in [-0.2, -0.15) is 8.42 Å². The minimum absolute atomic E-state index is 0.0390. The Morgan fingerprint density at radius 2 is 1.91 bits per heavy atom. The van der Waals surface area contributed by atoms with Gasteiger partial charge in [0.2, 0.25) is 0 Å². The van der Waals surface area contributed by atoms with Crippen LogP contribution < -0.4 is 15.7 Å². The van der Waals surface area contributed by atoms with E-state index >= 15 is 0 Å². The Kier molecular flexibility index (Phi) is 3.18. The van der Waals surface area contributed by atoms with Crippen LogP contribution in [0.15, 0.2) is 56.6 Å². The van der Waals surface area contributed by atoms with Gasteiger partial charge in [0.15, 0.2) is 11.3 Å². The molecule has 0 aliphatic rings. The smallest absolute Gasteiger partial charge is 0.408 e. The standard InChI is InChI=1S/C14H12N2O5S/c1-16-11-7-6-9(8-13(11)20-14(16)17)22(18,19)21-12-5-3-2-4-10(12)15/h2-8H,15H2,1H3. The fraction of sp³-hybridized carbons (Fsp3) is 0.0714. The van der Waals surface area contributed by atoms with Crippen molar-refractivity contribution in [1.29, 1.82) is 0 Å². The molecule has 0 aliphatic heterocycles. The van der Waals surface area contributed by atoms with Gasteiger partial charge in [0, 0.05) is 13.1 Å². The summed E-state index contributed by atoms with van der Waals surface area (Å²) in [6.07, 6.45) is 0. The molecule has 1 aromatic heterocycles. The van der Waals surface area contributed by atoms with Crippen molar-refractivity contribution in [2.75, 3.05) is 5.73 Å². The van der Waals surface area contributed by atoms with Crippen molar-refractivity contribution in [3.05, 3.63) is 53.0 Å². The predicted octanol–water partition coefficient (Wildman–Crippen LogP) is 1.48. The zero-order valence-corrected chi connectivity index (χ0v) is 12.3. The molecular formula is C14H12N2O5S. The third-order valence-electron chi connectivity index (χ3n) is 3.17. The maximum Gasteiger partial charge on any atom is 0.419 e. The van der Waals surface area contributed by atoms with Gasteiger partial charge in [0.05, 0.1) is 11.2 Å². The average molecular weight is 320 g/mol. The highest BCUT2D eigenvalue weighted by Crippen LogP contribution is 2.26. The Labute approximate surface area is 125 Å². The molecule has 0 aliphatic carbocycles. The molecule has 0 radical (unpaired) electrons. The zero-order chi connectivity index (χ0) is 15.9. The topological polar surface area (TPSA) is 105 Å². The lowest BCUT2D eigenvalue weighted by Gasteiger charge is -2.08. The second-order valence-corrected chi connectivity index (χ2v) is 6.18. The van der Waals surface area contributed by atoms with Crippen molar-refractivity contribution in [3.63, 3.8) is 0 Å². The molecule has 0 fully saturated rings. The van der Waals surface area contributed by atoms with E-state index in [0.29, 0.717) is 5.52 Å². The number of nitrogen functional groups attached to an aromatic ring is 1. The van der Waals surface area contributed by atoms with E-state index in [9.17, 15) is 13.2 Å². The number of benzene rings is 2. The minimum Gasteiger partial charge on any atom is -0.408 e. The Bertz CT molecular complexity index is 1020. The normalized spacial score (nSPS) is 11.7. The number of para-hydroxylation sites is 2. The van der Waals surface area contributed by atoms with Gasteiger partial charge in [-0.1, -0.05) is 12.1 Å². The maximum atomic E-state index is 12.3. The van der Waals surface area contributed by atoms with Gasteiger partial charge in [0.25, 0.3) is 0 Å². The molecule has 0 amide bonds. The van der Waals surface area contributed by atoms with E-state index in [4.69, 9.17) is 14.3 Å². The molecule has 0 saturated heterocycles. The van der Waals surface area contributed by atoms with E-state index in [1.54, 1.807) is 12.1 Å². The van der Waals surface area contributed by atoms with E-state index < -0.39 is 15.9 Å². The Balaban J connectivity index is 2.06. The number of hydrogen-bond acceptors (Lipinski definition) is 6. The SMILES string of the molecule is Cn1c(=O)oc2cc(S(=O)(=O)Oc3ccccc3N)ccc21. The van der Waals surface area contributed by atoms with Crippen LogP contribution in [0.5, 0.6) is 5.75 Å². The number of anilines is 1. The van der Waals surface area contributed by atoms with E-state index in [-0.39, 0.29) is 21.9 Å². The number of rotatable bonds is 3. The van der Waals surface area contributed by atoms with Crippen molar-refractivity contribution in [1.82, 2.24) is 4.57 Å². The first kappa shape index (κ1) is 14.2. The van der Waals surface area contributed by atoms with E-state index in [0.717, 1.165) is 0 Å². The number of aromatic nitrogens is 1. The molecule has 3 aromatic rings. The quantitative estimate of drug-likeness (QED) is 0.579. The summed E-state index contributed by atoms with van der Waals surface area (Å²) in [5.41, 5.74) is 6.53. The van der Waals surface area contributed by atoms with Crippen LogP contribution in [0.1, 0.15) is 0 Å². The van der Waals surface area contributed by atoms with E-state index in [1.807, 2.05) is 0 Å². The molecule has 7 nitrogen and oxygen atoms in total. The van der Waals surface area contributed by atoms with E-state index in [1.165, 1.54) is 41.9 Å². The predicted molar refractivity (Wildman–Crippen MR) is 80.1 cm³/mol. The Hall–Kier alpha value is -2.74. The number of fused-ring (bicyclic) bond motifs is 1. The van der Waals surface area contributed by atoms with Gasteiger partial charge in [-0.25, -0.2) is 4.79 Å². The summed E-state index contributed by atoms with van der Waals surface area (Å²) in [5.74, 6) is -0.533. The van der Waals surface area contributed by atoms with Crippen LogP contribution in [0.2, 0.25) is 0 Å². The highest BCUT2D eigenvalue weighted by atomic mass is 32.2. The minimum atomic E-state index is -4.08.